The van der Waals surface area contributed by atoms with E-state index in [9.17, 15) is 8.60 Å². The molecule has 2 rings (SSSR count). The Labute approximate surface area is 146 Å². The number of rotatable bonds is 6. The highest BCUT2D eigenvalue weighted by Gasteiger charge is 2.17. The fourth-order valence-corrected chi connectivity index (χ4v) is 2.88. The van der Waals surface area contributed by atoms with Crippen LogP contribution in [0.5, 0.6) is 11.5 Å². The lowest BCUT2D eigenvalue weighted by atomic mass is 10.1. The molecule has 0 radical (unpaired) electrons. The Morgan fingerprint density at radius 1 is 1.28 bits per heavy atom. The van der Waals surface area contributed by atoms with Gasteiger partial charge in [-0.25, -0.2) is 13.4 Å². The van der Waals surface area contributed by atoms with E-state index in [2.05, 4.69) is 11.7 Å². The number of benzene rings is 2. The quantitative estimate of drug-likeness (QED) is 0.601. The Morgan fingerprint density at radius 2 is 1.92 bits per heavy atom. The minimum atomic E-state index is -2.79. The normalized spacial score (nSPS) is 13.8. The summed E-state index contributed by atoms with van der Waals surface area (Å²) in [7, 11) is -1.41. The van der Waals surface area contributed by atoms with Gasteiger partial charge in [0.2, 0.25) is 0 Å². The van der Waals surface area contributed by atoms with Gasteiger partial charge in [0, 0.05) is 16.7 Å². The van der Waals surface area contributed by atoms with E-state index in [1.807, 2.05) is 0 Å². The van der Waals surface area contributed by atoms with Gasteiger partial charge in [-0.1, -0.05) is 0 Å². The zero-order valence-electron chi connectivity index (χ0n) is 14.2. The highest BCUT2D eigenvalue weighted by atomic mass is 32.2. The average molecular weight is 362 g/mol. The maximum atomic E-state index is 14.4. The fourth-order valence-electron chi connectivity index (χ4n) is 2.22. The number of aliphatic imine (C=N–C) groups is 1. The molecule has 25 heavy (non-hydrogen) atoms. The molecular weight excluding hydrogens is 343 g/mol. The van der Waals surface area contributed by atoms with Gasteiger partial charge in [0.25, 0.3) is 0 Å². The van der Waals surface area contributed by atoms with Crippen LogP contribution in [0, 0.1) is 10.6 Å². The predicted octanol–water partition coefficient (Wildman–Crippen LogP) is 4.64. The van der Waals surface area contributed by atoms with Gasteiger partial charge >= 0.3 is 0 Å². The van der Waals surface area contributed by atoms with Gasteiger partial charge in [-0.3, -0.25) is 4.99 Å². The van der Waals surface area contributed by atoms with Crippen molar-refractivity contribution in [2.24, 2.45) is 4.99 Å². The molecule has 2 aromatic carbocycles. The number of hydrogen-bond acceptors (Lipinski definition) is 5. The van der Waals surface area contributed by atoms with Crippen molar-refractivity contribution in [1.29, 1.82) is 4.78 Å². The summed E-state index contributed by atoms with van der Waals surface area (Å²) in [5.74, 6) is 0.305. The zero-order valence-corrected chi connectivity index (χ0v) is 15.0. The number of nitrogens with zero attached hydrogens (tertiary/aromatic N) is 1. The van der Waals surface area contributed by atoms with Crippen molar-refractivity contribution in [3.63, 3.8) is 0 Å². The second kappa shape index (κ2) is 7.48. The third-order valence-electron chi connectivity index (χ3n) is 3.49. The standard InChI is InChI=1S/C18H19FN2O3S/c1-5-15(14-10-11-16(23-3)17(19)18(14)21-2)24-12-6-8-13(9-7-12)25(4,20)22/h5-11,20H,2H2,1,3-4H3/b15-5+. The monoisotopic (exact) mass is 362 g/mol. The number of ether oxygens (including phenoxy) is 2. The molecule has 0 saturated heterocycles. The maximum Gasteiger partial charge on any atom is 0.191 e. The number of hydrogen-bond donors (Lipinski definition) is 1. The first-order valence-electron chi connectivity index (χ1n) is 7.33. The van der Waals surface area contributed by atoms with Gasteiger partial charge in [0.1, 0.15) is 17.2 Å². The van der Waals surface area contributed by atoms with Crippen molar-refractivity contribution < 1.29 is 18.1 Å². The SMILES string of the molecule is C=Nc1c(/C(=C\C)Oc2ccc(S(C)(=N)=O)cc2)ccc(OC)c1F. The van der Waals surface area contributed by atoms with Gasteiger partial charge in [-0.2, -0.15) is 0 Å². The van der Waals surface area contributed by atoms with E-state index in [1.165, 1.54) is 19.4 Å². The van der Waals surface area contributed by atoms with E-state index in [1.54, 1.807) is 43.3 Å². The van der Waals surface area contributed by atoms with Gasteiger partial charge in [0.15, 0.2) is 11.6 Å². The van der Waals surface area contributed by atoms with Gasteiger partial charge in [0.05, 0.1) is 16.8 Å². The molecule has 0 amide bonds. The van der Waals surface area contributed by atoms with Crippen LogP contribution < -0.4 is 9.47 Å². The summed E-state index contributed by atoms with van der Waals surface area (Å²) in [4.78, 5) is 4.16. The second-order valence-electron chi connectivity index (χ2n) is 5.21. The summed E-state index contributed by atoms with van der Waals surface area (Å²) < 4.78 is 44.4. The van der Waals surface area contributed by atoms with Crippen LogP contribution in [0.1, 0.15) is 12.5 Å². The molecule has 1 N–H and O–H groups in total. The highest BCUT2D eigenvalue weighted by molar-refractivity contribution is 7.91. The number of allylic oxidation sites excluding steroid dienone is 1. The molecule has 2 aromatic rings. The summed E-state index contributed by atoms with van der Waals surface area (Å²) in [5.41, 5.74) is 0.464. The van der Waals surface area contributed by atoms with Gasteiger partial charge < -0.3 is 9.47 Å². The minimum Gasteiger partial charge on any atom is -0.494 e. The van der Waals surface area contributed by atoms with E-state index in [0.717, 1.165) is 0 Å². The molecule has 0 aromatic heterocycles. The summed E-state index contributed by atoms with van der Waals surface area (Å²) in [6.45, 7) is 5.16. The Morgan fingerprint density at radius 3 is 2.40 bits per heavy atom. The van der Waals surface area contributed by atoms with E-state index in [0.29, 0.717) is 22.0 Å². The third kappa shape index (κ3) is 4.06. The maximum absolute atomic E-state index is 14.4. The Balaban J connectivity index is 2.39. The molecule has 132 valence electrons. The molecule has 5 nitrogen and oxygen atoms in total. The second-order valence-corrected chi connectivity index (χ2v) is 7.36. The number of nitrogens with one attached hydrogen (secondary N) is 1. The van der Waals surface area contributed by atoms with Crippen molar-refractivity contribution >= 4 is 27.9 Å². The molecule has 0 aliphatic carbocycles. The first-order chi connectivity index (χ1) is 11.8. The van der Waals surface area contributed by atoms with E-state index >= 15 is 0 Å². The van der Waals surface area contributed by atoms with Crippen molar-refractivity contribution in [3.05, 3.63) is 53.9 Å². The number of halogens is 1. The van der Waals surface area contributed by atoms with Crippen molar-refractivity contribution in [3.8, 4) is 11.5 Å². The Bertz CT molecular complexity index is 920. The third-order valence-corrected chi connectivity index (χ3v) is 4.66. The van der Waals surface area contributed by atoms with Crippen LogP contribution >= 0.6 is 0 Å². The molecule has 1 unspecified atom stereocenters. The first kappa shape index (κ1) is 18.7. The highest BCUT2D eigenvalue weighted by Crippen LogP contribution is 2.35. The van der Waals surface area contributed by atoms with Crippen molar-refractivity contribution in [1.82, 2.24) is 0 Å². The Kier molecular flexibility index (Phi) is 5.58. The molecule has 7 heteroatoms. The molecule has 0 bridgehead atoms. The largest absolute Gasteiger partial charge is 0.494 e. The van der Waals surface area contributed by atoms with Crippen LogP contribution in [0.2, 0.25) is 0 Å². The zero-order chi connectivity index (χ0) is 18.6. The first-order valence-corrected chi connectivity index (χ1v) is 9.30. The molecule has 0 saturated carbocycles. The van der Waals surface area contributed by atoms with Crippen LogP contribution in [0.4, 0.5) is 10.1 Å². The number of methoxy groups -OCH3 is 1. The summed E-state index contributed by atoms with van der Waals surface area (Å²) in [6, 6.07) is 9.48. The van der Waals surface area contributed by atoms with Crippen LogP contribution in [0.25, 0.3) is 5.76 Å². The predicted molar refractivity (Wildman–Crippen MR) is 97.9 cm³/mol. The minimum absolute atomic E-state index is 0.0341. The molecule has 1 atom stereocenters. The summed E-state index contributed by atoms with van der Waals surface area (Å²) in [5, 5.41) is 0. The fraction of sp³-hybridized carbons (Fsp3) is 0.167. The van der Waals surface area contributed by atoms with Crippen LogP contribution in [-0.2, 0) is 9.73 Å². The van der Waals surface area contributed by atoms with E-state index in [4.69, 9.17) is 14.3 Å². The summed E-state index contributed by atoms with van der Waals surface area (Å²) in [6.07, 6.45) is 3.03. The molecule has 0 heterocycles. The average Bonchev–Trinajstić information content (AvgIpc) is 2.59. The molecule has 0 spiro atoms. The van der Waals surface area contributed by atoms with Gasteiger partial charge in [-0.15, -0.1) is 0 Å². The summed E-state index contributed by atoms with van der Waals surface area (Å²) >= 11 is 0. The Hall–Kier alpha value is -2.67. The lowest BCUT2D eigenvalue weighted by Crippen LogP contribution is -1.99. The molecule has 0 aliphatic rings. The lowest BCUT2D eigenvalue weighted by molar-refractivity contribution is 0.387. The van der Waals surface area contributed by atoms with Crippen LogP contribution in [-0.4, -0.2) is 24.3 Å². The lowest BCUT2D eigenvalue weighted by Gasteiger charge is -2.14. The topological polar surface area (TPSA) is 71.7 Å². The van der Waals surface area contributed by atoms with E-state index < -0.39 is 15.5 Å². The van der Waals surface area contributed by atoms with Crippen molar-refractivity contribution in [2.75, 3.05) is 13.4 Å². The molecule has 0 aliphatic heterocycles. The van der Waals surface area contributed by atoms with Crippen molar-refractivity contribution in [2.45, 2.75) is 11.8 Å². The smallest absolute Gasteiger partial charge is 0.191 e. The van der Waals surface area contributed by atoms with Crippen LogP contribution in [0.3, 0.4) is 0 Å². The van der Waals surface area contributed by atoms with E-state index in [-0.39, 0.29) is 11.4 Å². The van der Waals surface area contributed by atoms with Gasteiger partial charge in [-0.05, 0) is 56.1 Å². The molecular formula is C18H19FN2O3S. The van der Waals surface area contributed by atoms with Crippen LogP contribution in [0.15, 0.2) is 52.4 Å². The molecule has 0 fully saturated rings.